The maximum absolute atomic E-state index is 12.7. The Balaban J connectivity index is 2.14. The Hall–Kier alpha value is -1.50. The lowest BCUT2D eigenvalue weighted by molar-refractivity contribution is -0.115. The minimum Gasteiger partial charge on any atom is -0.325 e. The predicted octanol–water partition coefficient (Wildman–Crippen LogP) is 2.35. The summed E-state index contributed by atoms with van der Waals surface area (Å²) in [5, 5.41) is 4.11. The summed E-state index contributed by atoms with van der Waals surface area (Å²) >= 11 is 7.07. The van der Waals surface area contributed by atoms with E-state index in [0.717, 1.165) is 11.3 Å². The van der Waals surface area contributed by atoms with Gasteiger partial charge in [0.25, 0.3) is 10.0 Å². The van der Waals surface area contributed by atoms with Crippen LogP contribution in [0.25, 0.3) is 0 Å². The molecule has 0 bridgehead atoms. The van der Waals surface area contributed by atoms with E-state index in [0.29, 0.717) is 0 Å². The molecule has 1 aromatic heterocycles. The van der Waals surface area contributed by atoms with Crippen molar-refractivity contribution in [1.82, 2.24) is 9.03 Å². The molecule has 0 saturated carbocycles. The summed E-state index contributed by atoms with van der Waals surface area (Å²) in [6.45, 7) is 3.47. The second-order valence-corrected chi connectivity index (χ2v) is 10.8. The molecule has 28 heavy (non-hydrogen) atoms. The summed E-state index contributed by atoms with van der Waals surface area (Å²) in [7, 11) is -7.59. The minimum atomic E-state index is -3.82. The van der Waals surface area contributed by atoms with Gasteiger partial charge in [-0.05, 0) is 29.6 Å². The number of carbonyl (C=O) groups excluding carboxylic acids is 1. The molecule has 0 saturated heterocycles. The number of nitrogens with zero attached hydrogens (tertiary/aromatic N) is 1. The van der Waals surface area contributed by atoms with Crippen LogP contribution in [0.4, 0.5) is 5.69 Å². The fraction of sp³-hybridized carbons (Fsp3) is 0.312. The van der Waals surface area contributed by atoms with Gasteiger partial charge in [0.05, 0.1) is 11.6 Å². The van der Waals surface area contributed by atoms with E-state index in [1.807, 2.05) is 0 Å². The normalized spacial score (nSPS) is 12.3. The van der Waals surface area contributed by atoms with Crippen LogP contribution in [-0.4, -0.2) is 46.7 Å². The van der Waals surface area contributed by atoms with Crippen molar-refractivity contribution in [3.63, 3.8) is 0 Å². The van der Waals surface area contributed by atoms with Gasteiger partial charge in [-0.1, -0.05) is 31.5 Å². The zero-order chi connectivity index (χ0) is 20.9. The maximum Gasteiger partial charge on any atom is 0.250 e. The van der Waals surface area contributed by atoms with Gasteiger partial charge in [0.15, 0.2) is 0 Å². The monoisotopic (exact) mass is 465 g/mol. The highest BCUT2D eigenvalue weighted by Gasteiger charge is 2.25. The predicted molar refractivity (Wildman–Crippen MR) is 110 cm³/mol. The number of hydrogen-bond donors (Lipinski definition) is 2. The van der Waals surface area contributed by atoms with Crippen LogP contribution in [0.3, 0.4) is 0 Å². The van der Waals surface area contributed by atoms with E-state index in [2.05, 4.69) is 10.0 Å². The number of carbonyl (C=O) groups is 1. The van der Waals surface area contributed by atoms with Crippen LogP contribution in [0.5, 0.6) is 0 Å². The summed E-state index contributed by atoms with van der Waals surface area (Å²) in [5.41, 5.74) is 0.190. The zero-order valence-corrected chi connectivity index (χ0v) is 18.4. The van der Waals surface area contributed by atoms with E-state index in [9.17, 15) is 21.6 Å². The standard InChI is InChI=1S/C16H20ClN3O5S3/c1-3-20(4-2)28(24,25)14-10-12(7-8-13(14)17)19-15(21)11-18-27(22,23)16-6-5-9-26-16/h5-10,18H,3-4,11H2,1-2H3,(H,19,21). The first-order valence-electron chi connectivity index (χ1n) is 8.24. The highest BCUT2D eigenvalue weighted by atomic mass is 35.5. The first-order chi connectivity index (χ1) is 13.1. The number of halogens is 1. The van der Waals surface area contributed by atoms with Crippen LogP contribution in [-0.2, 0) is 24.8 Å². The molecular formula is C16H20ClN3O5S3. The van der Waals surface area contributed by atoms with Crippen molar-refractivity contribution < 1.29 is 21.6 Å². The number of thiophene rings is 1. The fourth-order valence-corrected chi connectivity index (χ4v) is 6.31. The molecule has 0 unspecified atom stereocenters. The molecule has 0 aliphatic heterocycles. The highest BCUT2D eigenvalue weighted by Crippen LogP contribution is 2.27. The summed E-state index contributed by atoms with van der Waals surface area (Å²) in [4.78, 5) is 12.0. The Bertz CT molecular complexity index is 1030. The van der Waals surface area contributed by atoms with Gasteiger partial charge < -0.3 is 5.32 Å². The summed E-state index contributed by atoms with van der Waals surface area (Å²) in [6, 6.07) is 7.07. The minimum absolute atomic E-state index is 0.0308. The molecular weight excluding hydrogens is 446 g/mol. The Morgan fingerprint density at radius 2 is 1.82 bits per heavy atom. The quantitative estimate of drug-likeness (QED) is 0.590. The van der Waals surface area contributed by atoms with Gasteiger partial charge in [-0.25, -0.2) is 21.6 Å². The Labute approximate surface area is 173 Å². The topological polar surface area (TPSA) is 113 Å². The molecule has 154 valence electrons. The second kappa shape index (κ2) is 9.33. The van der Waals surface area contributed by atoms with Crippen molar-refractivity contribution in [3.8, 4) is 0 Å². The third-order valence-corrected chi connectivity index (χ3v) is 9.05. The lowest BCUT2D eigenvalue weighted by Gasteiger charge is -2.19. The lowest BCUT2D eigenvalue weighted by Crippen LogP contribution is -2.33. The number of amides is 1. The van der Waals surface area contributed by atoms with Crippen molar-refractivity contribution in [1.29, 1.82) is 0 Å². The largest absolute Gasteiger partial charge is 0.325 e. The van der Waals surface area contributed by atoms with E-state index < -0.39 is 32.5 Å². The smallest absolute Gasteiger partial charge is 0.250 e. The third kappa shape index (κ3) is 5.31. The molecule has 0 atom stereocenters. The van der Waals surface area contributed by atoms with Gasteiger partial charge >= 0.3 is 0 Å². The Morgan fingerprint density at radius 1 is 1.14 bits per heavy atom. The van der Waals surface area contributed by atoms with Crippen molar-refractivity contribution >= 4 is 54.6 Å². The van der Waals surface area contributed by atoms with E-state index in [-0.39, 0.29) is 32.9 Å². The molecule has 2 rings (SSSR count). The van der Waals surface area contributed by atoms with Crippen molar-refractivity contribution in [2.45, 2.75) is 23.0 Å². The second-order valence-electron chi connectivity index (χ2n) is 5.54. The molecule has 2 aromatic rings. The third-order valence-electron chi connectivity index (χ3n) is 3.72. The number of sulfonamides is 2. The number of nitrogens with one attached hydrogen (secondary N) is 2. The van der Waals surface area contributed by atoms with E-state index in [1.165, 1.54) is 28.6 Å². The maximum atomic E-state index is 12.7. The molecule has 1 heterocycles. The zero-order valence-electron chi connectivity index (χ0n) is 15.2. The van der Waals surface area contributed by atoms with Gasteiger partial charge in [0.1, 0.15) is 9.10 Å². The van der Waals surface area contributed by atoms with Crippen molar-refractivity contribution in [3.05, 3.63) is 40.7 Å². The van der Waals surface area contributed by atoms with Gasteiger partial charge in [0, 0.05) is 18.8 Å². The molecule has 0 radical (unpaired) electrons. The average Bonchev–Trinajstić information content (AvgIpc) is 3.18. The Kier molecular flexibility index (Phi) is 7.59. The molecule has 0 aliphatic rings. The molecule has 0 aliphatic carbocycles. The molecule has 1 aromatic carbocycles. The number of hydrogen-bond acceptors (Lipinski definition) is 6. The van der Waals surface area contributed by atoms with E-state index in [4.69, 9.17) is 11.6 Å². The van der Waals surface area contributed by atoms with E-state index in [1.54, 1.807) is 25.3 Å². The van der Waals surface area contributed by atoms with Crippen molar-refractivity contribution in [2.75, 3.05) is 25.0 Å². The van der Waals surface area contributed by atoms with Crippen LogP contribution in [0.2, 0.25) is 5.02 Å². The summed E-state index contributed by atoms with van der Waals surface area (Å²) in [6.07, 6.45) is 0. The van der Waals surface area contributed by atoms with Gasteiger partial charge in [0.2, 0.25) is 15.9 Å². The molecule has 0 spiro atoms. The SMILES string of the molecule is CCN(CC)S(=O)(=O)c1cc(NC(=O)CNS(=O)(=O)c2cccs2)ccc1Cl. The van der Waals surface area contributed by atoms with Crippen LogP contribution >= 0.6 is 22.9 Å². The average molecular weight is 466 g/mol. The molecule has 0 fully saturated rings. The first-order valence-corrected chi connectivity index (χ1v) is 12.4. The van der Waals surface area contributed by atoms with Gasteiger partial charge in [-0.2, -0.15) is 4.31 Å². The number of benzene rings is 1. The summed E-state index contributed by atoms with van der Waals surface area (Å²) < 4.78 is 53.0. The number of anilines is 1. The molecule has 2 N–H and O–H groups in total. The number of rotatable bonds is 9. The first kappa shape index (κ1) is 22.8. The van der Waals surface area contributed by atoms with E-state index >= 15 is 0 Å². The molecule has 12 heteroatoms. The van der Waals surface area contributed by atoms with Gasteiger partial charge in [-0.3, -0.25) is 4.79 Å². The Morgan fingerprint density at radius 3 is 2.39 bits per heavy atom. The van der Waals surface area contributed by atoms with Crippen LogP contribution in [0.15, 0.2) is 44.8 Å². The lowest BCUT2D eigenvalue weighted by atomic mass is 10.3. The van der Waals surface area contributed by atoms with Crippen molar-refractivity contribution in [2.24, 2.45) is 0 Å². The van der Waals surface area contributed by atoms with Gasteiger partial charge in [-0.15, -0.1) is 11.3 Å². The van der Waals surface area contributed by atoms with Crippen LogP contribution in [0, 0.1) is 0 Å². The summed E-state index contributed by atoms with van der Waals surface area (Å²) in [5.74, 6) is -0.645. The van der Waals surface area contributed by atoms with Crippen LogP contribution < -0.4 is 10.0 Å². The fourth-order valence-electron chi connectivity index (χ4n) is 2.33. The van der Waals surface area contributed by atoms with Crippen LogP contribution in [0.1, 0.15) is 13.8 Å². The molecule has 8 nitrogen and oxygen atoms in total. The molecule has 1 amide bonds. The highest BCUT2D eigenvalue weighted by molar-refractivity contribution is 7.91.